The lowest BCUT2D eigenvalue weighted by Gasteiger charge is -2.10. The highest BCUT2D eigenvalue weighted by molar-refractivity contribution is 7.13. The van der Waals surface area contributed by atoms with Crippen molar-refractivity contribution < 1.29 is 9.59 Å². The average Bonchev–Trinajstić information content (AvgIpc) is 2.89. The van der Waals surface area contributed by atoms with Gasteiger partial charge in [0.1, 0.15) is 4.88 Å². The lowest BCUT2D eigenvalue weighted by Crippen LogP contribution is -2.27. The fourth-order valence-electron chi connectivity index (χ4n) is 2.13. The molecule has 1 aromatic carbocycles. The van der Waals surface area contributed by atoms with Crippen molar-refractivity contribution in [2.75, 3.05) is 31.3 Å². The average molecular weight is 346 g/mol. The van der Waals surface area contributed by atoms with Gasteiger partial charge in [0.2, 0.25) is 5.91 Å². The van der Waals surface area contributed by atoms with Crippen LogP contribution in [0.4, 0.5) is 11.4 Å². The van der Waals surface area contributed by atoms with Crippen molar-refractivity contribution in [2.24, 2.45) is 0 Å². The summed E-state index contributed by atoms with van der Waals surface area (Å²) in [4.78, 5) is 30.8. The summed E-state index contributed by atoms with van der Waals surface area (Å²) in [6, 6.07) is 7.06. The second-order valence-corrected chi connectivity index (χ2v) is 6.78. The Kier molecular flexibility index (Phi) is 6.05. The normalized spacial score (nSPS) is 10.7. The quantitative estimate of drug-likeness (QED) is 0.843. The Morgan fingerprint density at radius 3 is 2.21 bits per heavy atom. The number of thiazole rings is 1. The van der Waals surface area contributed by atoms with E-state index in [1.807, 2.05) is 27.9 Å². The van der Waals surface area contributed by atoms with Gasteiger partial charge in [-0.15, -0.1) is 11.3 Å². The standard InChI is InChI=1S/C17H22N4O2S/c1-5-15-18-11(2)16(24-15)17(23)20-13-8-6-12(7-9-13)19-14(22)10-21(3)4/h6-9H,5,10H2,1-4H3,(H,19,22)(H,20,23). The lowest BCUT2D eigenvalue weighted by molar-refractivity contribution is -0.116. The van der Waals surface area contributed by atoms with Crippen molar-refractivity contribution in [3.8, 4) is 0 Å². The smallest absolute Gasteiger partial charge is 0.267 e. The number of anilines is 2. The molecule has 7 heteroatoms. The van der Waals surface area contributed by atoms with Crippen molar-refractivity contribution in [3.05, 3.63) is 39.8 Å². The molecule has 0 aliphatic heterocycles. The maximum Gasteiger partial charge on any atom is 0.267 e. The molecule has 0 saturated heterocycles. The first-order valence-corrected chi connectivity index (χ1v) is 8.53. The Morgan fingerprint density at radius 2 is 1.71 bits per heavy atom. The molecule has 0 aliphatic rings. The first-order valence-electron chi connectivity index (χ1n) is 7.71. The van der Waals surface area contributed by atoms with E-state index in [2.05, 4.69) is 15.6 Å². The zero-order valence-corrected chi connectivity index (χ0v) is 15.2. The number of aryl methyl sites for hydroxylation is 2. The molecule has 2 N–H and O–H groups in total. The molecule has 0 unspecified atom stereocenters. The van der Waals surface area contributed by atoms with Crippen LogP contribution in [0.1, 0.15) is 27.3 Å². The minimum Gasteiger partial charge on any atom is -0.325 e. The zero-order chi connectivity index (χ0) is 17.7. The molecule has 0 aliphatic carbocycles. The van der Waals surface area contributed by atoms with Gasteiger partial charge in [0, 0.05) is 11.4 Å². The predicted octanol–water partition coefficient (Wildman–Crippen LogP) is 2.77. The fourth-order valence-corrected chi connectivity index (χ4v) is 3.03. The number of carbonyl (C=O) groups is 2. The van der Waals surface area contributed by atoms with Gasteiger partial charge in [0.05, 0.1) is 17.2 Å². The number of nitrogens with one attached hydrogen (secondary N) is 2. The molecule has 0 saturated carbocycles. The predicted molar refractivity (Wildman–Crippen MR) is 97.8 cm³/mol. The number of hydrogen-bond donors (Lipinski definition) is 2. The van der Waals surface area contributed by atoms with Gasteiger partial charge in [0.25, 0.3) is 5.91 Å². The van der Waals surface area contributed by atoms with Gasteiger partial charge in [-0.3, -0.25) is 9.59 Å². The molecule has 0 spiro atoms. The third-order valence-electron chi connectivity index (χ3n) is 3.24. The third-order valence-corrected chi connectivity index (χ3v) is 4.54. The Hall–Kier alpha value is -2.25. The van der Waals surface area contributed by atoms with Crippen LogP contribution in [-0.2, 0) is 11.2 Å². The second-order valence-electron chi connectivity index (χ2n) is 5.69. The minimum absolute atomic E-state index is 0.0795. The van der Waals surface area contributed by atoms with E-state index in [-0.39, 0.29) is 11.8 Å². The first-order chi connectivity index (χ1) is 11.4. The Morgan fingerprint density at radius 1 is 1.12 bits per heavy atom. The van der Waals surface area contributed by atoms with Crippen molar-refractivity contribution in [1.82, 2.24) is 9.88 Å². The highest BCUT2D eigenvalue weighted by Gasteiger charge is 2.14. The number of nitrogens with zero attached hydrogens (tertiary/aromatic N) is 2. The van der Waals surface area contributed by atoms with Crippen molar-refractivity contribution >= 4 is 34.5 Å². The number of amides is 2. The van der Waals surface area contributed by atoms with Gasteiger partial charge in [-0.25, -0.2) is 4.98 Å². The highest BCUT2D eigenvalue weighted by Crippen LogP contribution is 2.21. The van der Waals surface area contributed by atoms with Gasteiger partial charge in [-0.2, -0.15) is 0 Å². The molecule has 2 amide bonds. The second kappa shape index (κ2) is 8.03. The largest absolute Gasteiger partial charge is 0.325 e. The van der Waals surface area contributed by atoms with Crippen LogP contribution >= 0.6 is 11.3 Å². The van der Waals surface area contributed by atoms with E-state index in [1.165, 1.54) is 11.3 Å². The summed E-state index contributed by atoms with van der Waals surface area (Å²) in [6.45, 7) is 4.18. The molecular weight excluding hydrogens is 324 g/mol. The lowest BCUT2D eigenvalue weighted by atomic mass is 10.2. The number of benzene rings is 1. The number of aromatic nitrogens is 1. The molecular formula is C17H22N4O2S. The molecule has 0 bridgehead atoms. The van der Waals surface area contributed by atoms with Crippen LogP contribution in [-0.4, -0.2) is 42.3 Å². The van der Waals surface area contributed by atoms with Gasteiger partial charge in [-0.05, 0) is 51.7 Å². The minimum atomic E-state index is -0.158. The molecule has 2 rings (SSSR count). The Labute approximate surface area is 145 Å². The zero-order valence-electron chi connectivity index (χ0n) is 14.3. The van der Waals surface area contributed by atoms with Crippen LogP contribution in [0.15, 0.2) is 24.3 Å². The maximum absolute atomic E-state index is 12.3. The summed E-state index contributed by atoms with van der Waals surface area (Å²) in [6.07, 6.45) is 0.820. The summed E-state index contributed by atoms with van der Waals surface area (Å²) < 4.78 is 0. The van der Waals surface area contributed by atoms with Gasteiger partial charge in [-0.1, -0.05) is 6.92 Å². The molecule has 1 heterocycles. The molecule has 0 atom stereocenters. The van der Waals surface area contributed by atoms with Gasteiger partial charge in [0.15, 0.2) is 0 Å². The van der Waals surface area contributed by atoms with E-state index in [9.17, 15) is 9.59 Å². The van der Waals surface area contributed by atoms with E-state index in [1.54, 1.807) is 29.2 Å². The summed E-state index contributed by atoms with van der Waals surface area (Å²) in [7, 11) is 3.67. The number of hydrogen-bond acceptors (Lipinski definition) is 5. The SMILES string of the molecule is CCc1nc(C)c(C(=O)Nc2ccc(NC(=O)CN(C)C)cc2)s1. The topological polar surface area (TPSA) is 74.3 Å². The summed E-state index contributed by atoms with van der Waals surface area (Å²) >= 11 is 1.42. The van der Waals surface area contributed by atoms with Crippen LogP contribution in [0.5, 0.6) is 0 Å². The summed E-state index contributed by atoms with van der Waals surface area (Å²) in [5, 5.41) is 6.62. The van der Waals surface area contributed by atoms with Crippen molar-refractivity contribution in [3.63, 3.8) is 0 Å². The monoisotopic (exact) mass is 346 g/mol. The van der Waals surface area contributed by atoms with E-state index < -0.39 is 0 Å². The van der Waals surface area contributed by atoms with Gasteiger partial charge < -0.3 is 15.5 Å². The summed E-state index contributed by atoms with van der Waals surface area (Å²) in [5.41, 5.74) is 2.13. The Balaban J connectivity index is 1.99. The molecule has 2 aromatic rings. The van der Waals surface area contributed by atoms with Gasteiger partial charge >= 0.3 is 0 Å². The van der Waals surface area contributed by atoms with Crippen molar-refractivity contribution in [2.45, 2.75) is 20.3 Å². The van der Waals surface area contributed by atoms with E-state index in [4.69, 9.17) is 0 Å². The highest BCUT2D eigenvalue weighted by atomic mass is 32.1. The summed E-state index contributed by atoms with van der Waals surface area (Å²) in [5.74, 6) is -0.238. The van der Waals surface area contributed by atoms with Crippen LogP contribution in [0, 0.1) is 6.92 Å². The third kappa shape index (κ3) is 4.87. The van der Waals surface area contributed by atoms with Crippen LogP contribution in [0.25, 0.3) is 0 Å². The van der Waals surface area contributed by atoms with E-state index in [0.717, 1.165) is 17.1 Å². The van der Waals surface area contributed by atoms with Crippen LogP contribution in [0.3, 0.4) is 0 Å². The van der Waals surface area contributed by atoms with E-state index >= 15 is 0 Å². The molecule has 1 aromatic heterocycles. The number of likely N-dealkylation sites (N-methyl/N-ethyl adjacent to an activating group) is 1. The molecule has 6 nitrogen and oxygen atoms in total. The van der Waals surface area contributed by atoms with Crippen LogP contribution < -0.4 is 10.6 Å². The number of carbonyl (C=O) groups excluding carboxylic acids is 2. The Bertz CT molecular complexity index is 723. The molecule has 0 fully saturated rings. The molecule has 128 valence electrons. The first kappa shape index (κ1) is 18.1. The van der Waals surface area contributed by atoms with Crippen molar-refractivity contribution in [1.29, 1.82) is 0 Å². The fraction of sp³-hybridized carbons (Fsp3) is 0.353. The maximum atomic E-state index is 12.3. The van der Waals surface area contributed by atoms with Crippen LogP contribution in [0.2, 0.25) is 0 Å². The molecule has 24 heavy (non-hydrogen) atoms. The molecule has 0 radical (unpaired) electrons. The number of rotatable bonds is 6. The van der Waals surface area contributed by atoms with E-state index in [0.29, 0.717) is 22.8 Å².